The van der Waals surface area contributed by atoms with Crippen molar-refractivity contribution in [2.75, 3.05) is 7.05 Å². The quantitative estimate of drug-likeness (QED) is 0.828. The molecule has 1 N–H and O–H groups in total. The van der Waals surface area contributed by atoms with Gasteiger partial charge in [0.15, 0.2) is 0 Å². The van der Waals surface area contributed by atoms with Crippen molar-refractivity contribution in [1.29, 1.82) is 0 Å². The molecule has 0 aliphatic carbocycles. The predicted octanol–water partition coefficient (Wildman–Crippen LogP) is 1.02. The van der Waals surface area contributed by atoms with Crippen LogP contribution in [0.2, 0.25) is 0 Å². The summed E-state index contributed by atoms with van der Waals surface area (Å²) in [4.78, 5) is 27.9. The molecule has 0 radical (unpaired) electrons. The van der Waals surface area contributed by atoms with Crippen LogP contribution in [-0.4, -0.2) is 39.5 Å². The highest BCUT2D eigenvalue weighted by Gasteiger charge is 2.35. The average molecular weight is 222 g/mol. The fraction of sp³-hybridized carbons (Fsp3) is 0.364. The highest BCUT2D eigenvalue weighted by Crippen LogP contribution is 2.15. The smallest absolute Gasteiger partial charge is 0.329 e. The van der Waals surface area contributed by atoms with E-state index in [-0.39, 0.29) is 5.69 Å². The zero-order valence-electron chi connectivity index (χ0n) is 9.47. The van der Waals surface area contributed by atoms with Crippen LogP contribution in [0.3, 0.4) is 0 Å². The lowest BCUT2D eigenvalue weighted by atomic mass is 10.0. The van der Waals surface area contributed by atoms with Crippen LogP contribution in [0.5, 0.6) is 0 Å². The second-order valence-corrected chi connectivity index (χ2v) is 3.94. The number of hydrogen-bond donors (Lipinski definition) is 1. The van der Waals surface area contributed by atoms with Crippen LogP contribution >= 0.6 is 0 Å². The number of carbonyl (C=O) groups is 2. The molecule has 1 heterocycles. The standard InChI is InChI=1S/C11H14N2O3/c1-11(2,10(15)16)13(3)9(14)8-6-4-5-7-12-8/h4-7H,1-3H3,(H,15,16). The molecule has 0 saturated heterocycles. The average Bonchev–Trinajstić information content (AvgIpc) is 2.28. The SMILES string of the molecule is CN(C(=O)c1ccccn1)C(C)(C)C(=O)O. The van der Waals surface area contributed by atoms with Crippen LogP contribution in [0.15, 0.2) is 24.4 Å². The van der Waals surface area contributed by atoms with Crippen molar-refractivity contribution in [1.82, 2.24) is 9.88 Å². The van der Waals surface area contributed by atoms with Gasteiger partial charge in [0.1, 0.15) is 11.2 Å². The lowest BCUT2D eigenvalue weighted by Crippen LogP contribution is -2.50. The summed E-state index contributed by atoms with van der Waals surface area (Å²) in [6.07, 6.45) is 1.49. The maximum atomic E-state index is 11.9. The fourth-order valence-corrected chi connectivity index (χ4v) is 1.06. The van der Waals surface area contributed by atoms with Crippen molar-refractivity contribution in [3.63, 3.8) is 0 Å². The third-order valence-corrected chi connectivity index (χ3v) is 2.55. The predicted molar refractivity (Wildman–Crippen MR) is 58.0 cm³/mol. The molecule has 1 aromatic rings. The van der Waals surface area contributed by atoms with E-state index in [1.165, 1.54) is 27.1 Å². The molecule has 1 rings (SSSR count). The van der Waals surface area contributed by atoms with Gasteiger partial charge in [0, 0.05) is 13.2 Å². The number of rotatable bonds is 3. The summed E-state index contributed by atoms with van der Waals surface area (Å²) < 4.78 is 0. The maximum absolute atomic E-state index is 11.9. The Kier molecular flexibility index (Phi) is 3.27. The molecule has 0 aliphatic heterocycles. The minimum absolute atomic E-state index is 0.235. The molecule has 5 heteroatoms. The molecule has 0 spiro atoms. The highest BCUT2D eigenvalue weighted by molar-refractivity contribution is 5.95. The Morgan fingerprint density at radius 2 is 2.00 bits per heavy atom. The molecule has 0 unspecified atom stereocenters. The second kappa shape index (κ2) is 4.30. The Balaban J connectivity index is 2.96. The summed E-state index contributed by atoms with van der Waals surface area (Å²) in [6, 6.07) is 4.93. The van der Waals surface area contributed by atoms with Crippen LogP contribution in [0, 0.1) is 0 Å². The fourth-order valence-electron chi connectivity index (χ4n) is 1.06. The molecular weight excluding hydrogens is 208 g/mol. The van der Waals surface area contributed by atoms with Gasteiger partial charge in [-0.1, -0.05) is 6.07 Å². The van der Waals surface area contributed by atoms with Crippen LogP contribution in [0.1, 0.15) is 24.3 Å². The van der Waals surface area contributed by atoms with Gasteiger partial charge in [-0.15, -0.1) is 0 Å². The molecule has 1 aromatic heterocycles. The summed E-state index contributed by atoms with van der Waals surface area (Å²) in [5, 5.41) is 8.99. The number of aromatic nitrogens is 1. The number of likely N-dealkylation sites (N-methyl/N-ethyl adjacent to an activating group) is 1. The Hall–Kier alpha value is -1.91. The maximum Gasteiger partial charge on any atom is 0.329 e. The lowest BCUT2D eigenvalue weighted by Gasteiger charge is -2.31. The zero-order valence-corrected chi connectivity index (χ0v) is 9.47. The molecule has 0 bridgehead atoms. The van der Waals surface area contributed by atoms with Crippen molar-refractivity contribution < 1.29 is 14.7 Å². The normalized spacial score (nSPS) is 10.9. The Morgan fingerprint density at radius 3 is 2.44 bits per heavy atom. The number of carbonyl (C=O) groups excluding carboxylic acids is 1. The molecule has 86 valence electrons. The highest BCUT2D eigenvalue weighted by atomic mass is 16.4. The number of carboxylic acids is 1. The van der Waals surface area contributed by atoms with E-state index in [1.54, 1.807) is 18.2 Å². The third kappa shape index (κ3) is 2.18. The van der Waals surface area contributed by atoms with Gasteiger partial charge in [0.2, 0.25) is 0 Å². The van der Waals surface area contributed by atoms with Crippen molar-refractivity contribution in [3.8, 4) is 0 Å². The van der Waals surface area contributed by atoms with Gasteiger partial charge in [-0.2, -0.15) is 0 Å². The Bertz CT molecular complexity index is 401. The summed E-state index contributed by atoms with van der Waals surface area (Å²) in [6.45, 7) is 2.94. The summed E-state index contributed by atoms with van der Waals surface area (Å²) in [5.74, 6) is -1.47. The van der Waals surface area contributed by atoms with Gasteiger partial charge in [0.05, 0.1) is 0 Å². The van der Waals surface area contributed by atoms with Gasteiger partial charge < -0.3 is 10.0 Å². The van der Waals surface area contributed by atoms with E-state index in [9.17, 15) is 9.59 Å². The van der Waals surface area contributed by atoms with Crippen LogP contribution in [0.25, 0.3) is 0 Å². The number of aliphatic carboxylic acids is 1. The topological polar surface area (TPSA) is 70.5 Å². The van der Waals surface area contributed by atoms with Crippen molar-refractivity contribution in [2.45, 2.75) is 19.4 Å². The first-order valence-electron chi connectivity index (χ1n) is 4.80. The number of carboxylic acid groups (broad SMARTS) is 1. The summed E-state index contributed by atoms with van der Waals surface area (Å²) in [5.41, 5.74) is -1.02. The van der Waals surface area contributed by atoms with E-state index >= 15 is 0 Å². The molecule has 0 fully saturated rings. The molecule has 16 heavy (non-hydrogen) atoms. The number of amides is 1. The first kappa shape index (κ1) is 12.2. The van der Waals surface area contributed by atoms with E-state index < -0.39 is 17.4 Å². The molecule has 1 amide bonds. The van der Waals surface area contributed by atoms with E-state index in [4.69, 9.17) is 5.11 Å². The molecule has 0 aliphatic rings. The van der Waals surface area contributed by atoms with Gasteiger partial charge in [-0.05, 0) is 26.0 Å². The molecule has 0 saturated carbocycles. The monoisotopic (exact) mass is 222 g/mol. The number of nitrogens with zero attached hydrogens (tertiary/aromatic N) is 2. The van der Waals surface area contributed by atoms with Crippen LogP contribution < -0.4 is 0 Å². The molecule has 0 aromatic carbocycles. The first-order valence-corrected chi connectivity index (χ1v) is 4.80. The minimum atomic E-state index is -1.26. The molecule has 5 nitrogen and oxygen atoms in total. The summed E-state index contributed by atoms with van der Waals surface area (Å²) in [7, 11) is 1.45. The summed E-state index contributed by atoms with van der Waals surface area (Å²) >= 11 is 0. The van der Waals surface area contributed by atoms with Crippen LogP contribution in [0.4, 0.5) is 0 Å². The lowest BCUT2D eigenvalue weighted by molar-refractivity contribution is -0.147. The Morgan fingerprint density at radius 1 is 1.38 bits per heavy atom. The van der Waals surface area contributed by atoms with E-state index in [2.05, 4.69) is 4.98 Å². The van der Waals surface area contributed by atoms with Gasteiger partial charge in [-0.25, -0.2) is 4.79 Å². The first-order chi connectivity index (χ1) is 7.37. The van der Waals surface area contributed by atoms with E-state index in [0.29, 0.717) is 0 Å². The van der Waals surface area contributed by atoms with Gasteiger partial charge in [0.25, 0.3) is 5.91 Å². The number of pyridine rings is 1. The minimum Gasteiger partial charge on any atom is -0.480 e. The number of hydrogen-bond acceptors (Lipinski definition) is 3. The van der Waals surface area contributed by atoms with Crippen molar-refractivity contribution >= 4 is 11.9 Å². The van der Waals surface area contributed by atoms with Crippen molar-refractivity contribution in [2.24, 2.45) is 0 Å². The molecule has 0 atom stereocenters. The van der Waals surface area contributed by atoms with Crippen molar-refractivity contribution in [3.05, 3.63) is 30.1 Å². The zero-order chi connectivity index (χ0) is 12.3. The van der Waals surface area contributed by atoms with Gasteiger partial charge in [-0.3, -0.25) is 9.78 Å². The Labute approximate surface area is 93.7 Å². The second-order valence-electron chi connectivity index (χ2n) is 3.94. The largest absolute Gasteiger partial charge is 0.480 e. The molecular formula is C11H14N2O3. The third-order valence-electron chi connectivity index (χ3n) is 2.55. The van der Waals surface area contributed by atoms with E-state index in [0.717, 1.165) is 4.90 Å². The van der Waals surface area contributed by atoms with Crippen LogP contribution in [-0.2, 0) is 4.79 Å². The van der Waals surface area contributed by atoms with Gasteiger partial charge >= 0.3 is 5.97 Å². The van der Waals surface area contributed by atoms with E-state index in [1.807, 2.05) is 0 Å².